The summed E-state index contributed by atoms with van der Waals surface area (Å²) in [5.41, 5.74) is 0.486. The van der Waals surface area contributed by atoms with Crippen LogP contribution in [0.1, 0.15) is 30.0 Å². The highest BCUT2D eigenvalue weighted by atomic mass is 32.2. The summed E-state index contributed by atoms with van der Waals surface area (Å²) < 4.78 is 13.1. The minimum Gasteiger partial charge on any atom is -0.493 e. The first-order valence-corrected chi connectivity index (χ1v) is 8.53. The van der Waals surface area contributed by atoms with Crippen molar-refractivity contribution in [2.24, 2.45) is 0 Å². The molecule has 124 valence electrons. The zero-order valence-corrected chi connectivity index (χ0v) is 14.4. The van der Waals surface area contributed by atoms with Crippen LogP contribution in [0.25, 0.3) is 0 Å². The van der Waals surface area contributed by atoms with Crippen molar-refractivity contribution in [3.05, 3.63) is 29.6 Å². The van der Waals surface area contributed by atoms with Crippen molar-refractivity contribution in [2.75, 3.05) is 19.5 Å². The van der Waals surface area contributed by atoms with Crippen LogP contribution in [0.3, 0.4) is 0 Å². The molecule has 0 aliphatic carbocycles. The van der Waals surface area contributed by atoms with Gasteiger partial charge in [0.2, 0.25) is 0 Å². The molecule has 0 unspecified atom stereocenters. The third-order valence-corrected chi connectivity index (χ3v) is 4.27. The van der Waals surface area contributed by atoms with E-state index in [1.54, 1.807) is 37.1 Å². The van der Waals surface area contributed by atoms with Crippen LogP contribution in [0.4, 0.5) is 0 Å². The molecule has 23 heavy (non-hydrogen) atoms. The van der Waals surface area contributed by atoms with E-state index < -0.39 is 0 Å². The first-order valence-electron chi connectivity index (χ1n) is 7.54. The molecule has 0 radical (unpaired) electrons. The first-order chi connectivity index (χ1) is 11.2. The van der Waals surface area contributed by atoms with Crippen molar-refractivity contribution in [1.29, 1.82) is 0 Å². The average Bonchev–Trinajstić information content (AvgIpc) is 3.00. The van der Waals surface area contributed by atoms with Gasteiger partial charge in [0.25, 0.3) is 0 Å². The highest BCUT2D eigenvalue weighted by Gasteiger charge is 2.12. The zero-order valence-electron chi connectivity index (χ0n) is 13.6. The van der Waals surface area contributed by atoms with E-state index in [9.17, 15) is 4.79 Å². The number of aromatic nitrogens is 3. The molecular weight excluding hydrogens is 314 g/mol. The van der Waals surface area contributed by atoms with Crippen LogP contribution in [-0.2, 0) is 13.0 Å². The van der Waals surface area contributed by atoms with E-state index in [-0.39, 0.29) is 0 Å². The summed E-state index contributed by atoms with van der Waals surface area (Å²) in [5.74, 6) is 2.74. The van der Waals surface area contributed by atoms with Crippen LogP contribution in [0, 0.1) is 0 Å². The largest absolute Gasteiger partial charge is 0.493 e. The second-order valence-corrected chi connectivity index (χ2v) is 5.75. The van der Waals surface area contributed by atoms with E-state index in [1.807, 2.05) is 0 Å². The van der Waals surface area contributed by atoms with Crippen LogP contribution in [0.2, 0.25) is 0 Å². The molecule has 0 saturated heterocycles. The van der Waals surface area contributed by atoms with Crippen LogP contribution in [-0.4, -0.2) is 40.5 Å². The fourth-order valence-electron chi connectivity index (χ4n) is 2.22. The van der Waals surface area contributed by atoms with Crippen LogP contribution in [0.15, 0.2) is 23.4 Å². The van der Waals surface area contributed by atoms with E-state index >= 15 is 0 Å². The van der Waals surface area contributed by atoms with Gasteiger partial charge in [0, 0.05) is 18.7 Å². The Morgan fingerprint density at radius 1 is 1.30 bits per heavy atom. The molecule has 0 amide bonds. The van der Waals surface area contributed by atoms with Gasteiger partial charge in [-0.2, -0.15) is 0 Å². The fourth-order valence-corrected chi connectivity index (χ4v) is 3.06. The van der Waals surface area contributed by atoms with Crippen LogP contribution in [0.5, 0.6) is 11.5 Å². The van der Waals surface area contributed by atoms with Crippen LogP contribution < -0.4 is 9.47 Å². The highest BCUT2D eigenvalue weighted by molar-refractivity contribution is 7.99. The topological polar surface area (TPSA) is 66.2 Å². The number of carbonyl (C=O) groups is 1. The van der Waals surface area contributed by atoms with Gasteiger partial charge in [0.15, 0.2) is 22.9 Å². The summed E-state index contributed by atoms with van der Waals surface area (Å²) in [6.07, 6.45) is 1.63. The number of benzene rings is 1. The second-order valence-electron chi connectivity index (χ2n) is 4.69. The van der Waals surface area contributed by atoms with Crippen LogP contribution >= 0.6 is 11.8 Å². The molecule has 0 aliphatic heterocycles. The Balaban J connectivity index is 1.96. The van der Waals surface area contributed by atoms with E-state index in [4.69, 9.17) is 9.47 Å². The van der Waals surface area contributed by atoms with Crippen molar-refractivity contribution >= 4 is 18.0 Å². The molecule has 0 atom stereocenters. The molecule has 2 rings (SSSR count). The van der Waals surface area contributed by atoms with Crippen molar-refractivity contribution in [3.8, 4) is 11.5 Å². The Bertz CT molecular complexity index is 658. The lowest BCUT2D eigenvalue weighted by molar-refractivity contribution is 0.111. The van der Waals surface area contributed by atoms with Crippen molar-refractivity contribution in [2.45, 2.75) is 32.0 Å². The maximum absolute atomic E-state index is 11.1. The molecule has 1 aromatic heterocycles. The quantitative estimate of drug-likeness (QED) is 0.399. The lowest BCUT2D eigenvalue weighted by Gasteiger charge is -2.12. The maximum Gasteiger partial charge on any atom is 0.191 e. The summed E-state index contributed by atoms with van der Waals surface area (Å²) >= 11 is 1.59. The van der Waals surface area contributed by atoms with Crippen molar-refractivity contribution in [3.63, 3.8) is 0 Å². The second kappa shape index (κ2) is 8.57. The minimum absolute atomic E-state index is 0.448. The van der Waals surface area contributed by atoms with Gasteiger partial charge in [-0.05, 0) is 19.1 Å². The molecule has 0 fully saturated rings. The molecule has 1 heterocycles. The monoisotopic (exact) mass is 335 g/mol. The summed E-state index contributed by atoms with van der Waals surface area (Å²) in [4.78, 5) is 11.1. The Morgan fingerprint density at radius 3 is 2.78 bits per heavy atom. The highest BCUT2D eigenvalue weighted by Crippen LogP contribution is 2.30. The number of ether oxygens (including phenoxy) is 2. The molecule has 6 nitrogen and oxygen atoms in total. The number of carbonyl (C=O) groups excluding carboxylic acids is 1. The van der Waals surface area contributed by atoms with Gasteiger partial charge in [-0.25, -0.2) is 0 Å². The third kappa shape index (κ3) is 4.04. The standard InChI is InChI=1S/C16H21N3O3S/c1-4-14-17-18-16(19(14)5-2)23-10-9-22-15-12(11-20)7-6-8-13(15)21-3/h6-8,11H,4-5,9-10H2,1-3H3. The number of rotatable bonds is 9. The van der Waals surface area contributed by atoms with E-state index in [2.05, 4.69) is 28.6 Å². The van der Waals surface area contributed by atoms with Gasteiger partial charge in [0.1, 0.15) is 5.82 Å². The predicted molar refractivity (Wildman–Crippen MR) is 89.7 cm³/mol. The number of nitrogens with zero attached hydrogens (tertiary/aromatic N) is 3. The summed E-state index contributed by atoms with van der Waals surface area (Å²) in [6, 6.07) is 5.25. The summed E-state index contributed by atoms with van der Waals surface area (Å²) in [6.45, 7) is 5.44. The molecule has 1 aromatic carbocycles. The van der Waals surface area contributed by atoms with Gasteiger partial charge in [-0.3, -0.25) is 4.79 Å². The number of aldehydes is 1. The van der Waals surface area contributed by atoms with Gasteiger partial charge < -0.3 is 14.0 Å². The van der Waals surface area contributed by atoms with Gasteiger partial charge in [-0.15, -0.1) is 10.2 Å². The zero-order chi connectivity index (χ0) is 16.7. The molecule has 0 N–H and O–H groups in total. The van der Waals surface area contributed by atoms with Crippen molar-refractivity contribution in [1.82, 2.24) is 14.8 Å². The molecule has 0 bridgehead atoms. The smallest absolute Gasteiger partial charge is 0.191 e. The minimum atomic E-state index is 0.448. The molecular formula is C16H21N3O3S. The number of aryl methyl sites for hydroxylation is 1. The predicted octanol–water partition coefficient (Wildman–Crippen LogP) is 2.85. The molecule has 0 spiro atoms. The number of thioether (sulfide) groups is 1. The molecule has 0 saturated carbocycles. The average molecular weight is 335 g/mol. The Morgan fingerprint density at radius 2 is 2.13 bits per heavy atom. The number of para-hydroxylation sites is 1. The lowest BCUT2D eigenvalue weighted by Crippen LogP contribution is -2.06. The summed E-state index contributed by atoms with van der Waals surface area (Å²) in [7, 11) is 1.56. The summed E-state index contributed by atoms with van der Waals surface area (Å²) in [5, 5.41) is 9.28. The Kier molecular flexibility index (Phi) is 6.46. The normalized spacial score (nSPS) is 10.6. The maximum atomic E-state index is 11.1. The van der Waals surface area contributed by atoms with Gasteiger partial charge in [-0.1, -0.05) is 24.8 Å². The fraction of sp³-hybridized carbons (Fsp3) is 0.438. The number of hydrogen-bond acceptors (Lipinski definition) is 6. The SMILES string of the molecule is CCc1nnc(SCCOc2c(C=O)cccc2OC)n1CC. The van der Waals surface area contributed by atoms with E-state index in [1.165, 1.54) is 0 Å². The lowest BCUT2D eigenvalue weighted by atomic mass is 10.2. The van der Waals surface area contributed by atoms with Gasteiger partial charge in [0.05, 0.1) is 19.3 Å². The Hall–Kier alpha value is -2.02. The first kappa shape index (κ1) is 17.3. The van der Waals surface area contributed by atoms with E-state index in [0.717, 1.165) is 30.2 Å². The third-order valence-electron chi connectivity index (χ3n) is 3.34. The van der Waals surface area contributed by atoms with Gasteiger partial charge >= 0.3 is 0 Å². The Labute approximate surface area is 140 Å². The van der Waals surface area contributed by atoms with Crippen molar-refractivity contribution < 1.29 is 14.3 Å². The number of hydrogen-bond donors (Lipinski definition) is 0. The molecule has 0 aliphatic rings. The molecule has 7 heteroatoms. The number of methoxy groups -OCH3 is 1. The molecule has 2 aromatic rings. The van der Waals surface area contributed by atoms with E-state index in [0.29, 0.717) is 29.4 Å².